The van der Waals surface area contributed by atoms with E-state index in [1.807, 2.05) is 0 Å². The van der Waals surface area contributed by atoms with E-state index in [-0.39, 0.29) is 11.8 Å². The van der Waals surface area contributed by atoms with Gasteiger partial charge in [-0.25, -0.2) is 0 Å². The summed E-state index contributed by atoms with van der Waals surface area (Å²) in [7, 11) is 0. The van der Waals surface area contributed by atoms with Crippen LogP contribution in [0.25, 0.3) is 0 Å². The third-order valence-corrected chi connectivity index (χ3v) is 4.58. The van der Waals surface area contributed by atoms with E-state index in [9.17, 15) is 14.7 Å². The average molecular weight is 240 g/mol. The molecule has 0 aromatic heterocycles. The van der Waals surface area contributed by atoms with E-state index in [1.165, 1.54) is 6.92 Å². The Morgan fingerprint density at radius 2 is 2.06 bits per heavy atom. The van der Waals surface area contributed by atoms with Crippen LogP contribution in [0.5, 0.6) is 0 Å². The molecule has 0 amide bonds. The van der Waals surface area contributed by atoms with Crippen LogP contribution in [0.1, 0.15) is 46.0 Å². The number of aliphatic hydroxyl groups is 1. The highest BCUT2D eigenvalue weighted by Gasteiger charge is 2.67. The molecule has 2 saturated carbocycles. The van der Waals surface area contributed by atoms with Gasteiger partial charge in [-0.2, -0.15) is 0 Å². The molecule has 0 aliphatic heterocycles. The summed E-state index contributed by atoms with van der Waals surface area (Å²) < 4.78 is 5.11. The molecule has 0 saturated heterocycles. The second-order valence-electron chi connectivity index (χ2n) is 5.28. The molecule has 4 nitrogen and oxygen atoms in total. The third-order valence-electron chi connectivity index (χ3n) is 4.58. The van der Waals surface area contributed by atoms with Gasteiger partial charge in [-0.1, -0.05) is 0 Å². The summed E-state index contributed by atoms with van der Waals surface area (Å²) in [6.45, 7) is 3.59. The lowest BCUT2D eigenvalue weighted by Crippen LogP contribution is -2.50. The fourth-order valence-electron chi connectivity index (χ4n) is 3.78. The summed E-state index contributed by atoms with van der Waals surface area (Å²) in [6, 6.07) is 0. The van der Waals surface area contributed by atoms with Crippen LogP contribution in [0.2, 0.25) is 0 Å². The normalized spacial score (nSPS) is 40.1. The fraction of sp³-hybridized carbons (Fsp3) is 0.846. The highest BCUT2D eigenvalue weighted by molar-refractivity contribution is 5.86. The lowest BCUT2D eigenvalue weighted by Gasteiger charge is -2.36. The molecular formula is C13H20O4. The molecule has 2 aliphatic carbocycles. The van der Waals surface area contributed by atoms with Gasteiger partial charge in [0.1, 0.15) is 5.78 Å². The Morgan fingerprint density at radius 3 is 2.65 bits per heavy atom. The van der Waals surface area contributed by atoms with E-state index in [4.69, 9.17) is 4.74 Å². The Morgan fingerprint density at radius 1 is 1.35 bits per heavy atom. The standard InChI is InChI=1S/C13H20O4/c1-3-17-11(15)12-6-4-7-13(12,16)10(5-8-12)9(2)14/h10,16H,3-8H2,1-2H3/t10?,12-,13-/m0/s1. The highest BCUT2D eigenvalue weighted by Crippen LogP contribution is 2.60. The van der Waals surface area contributed by atoms with E-state index in [1.54, 1.807) is 6.92 Å². The monoisotopic (exact) mass is 240 g/mol. The van der Waals surface area contributed by atoms with Crippen LogP contribution in [0, 0.1) is 11.3 Å². The zero-order chi connectivity index (χ0) is 12.7. The minimum Gasteiger partial charge on any atom is -0.465 e. The van der Waals surface area contributed by atoms with Crippen LogP contribution >= 0.6 is 0 Å². The van der Waals surface area contributed by atoms with Crippen molar-refractivity contribution in [1.82, 2.24) is 0 Å². The van der Waals surface area contributed by atoms with Crippen molar-refractivity contribution in [3.05, 3.63) is 0 Å². The summed E-state index contributed by atoms with van der Waals surface area (Å²) >= 11 is 0. The number of fused-ring (bicyclic) bond motifs is 1. The van der Waals surface area contributed by atoms with Gasteiger partial charge in [-0.3, -0.25) is 9.59 Å². The van der Waals surface area contributed by atoms with E-state index < -0.39 is 16.9 Å². The van der Waals surface area contributed by atoms with E-state index in [2.05, 4.69) is 0 Å². The smallest absolute Gasteiger partial charge is 0.315 e. The van der Waals surface area contributed by atoms with Crippen molar-refractivity contribution < 1.29 is 19.4 Å². The van der Waals surface area contributed by atoms with Gasteiger partial charge in [-0.15, -0.1) is 0 Å². The molecule has 1 N–H and O–H groups in total. The summed E-state index contributed by atoms with van der Waals surface area (Å²) in [5.74, 6) is -0.723. The van der Waals surface area contributed by atoms with Crippen molar-refractivity contribution in [2.24, 2.45) is 11.3 Å². The zero-order valence-corrected chi connectivity index (χ0v) is 10.5. The predicted molar refractivity (Wildman–Crippen MR) is 61.3 cm³/mol. The van der Waals surface area contributed by atoms with Gasteiger partial charge in [0.05, 0.1) is 17.6 Å². The first-order chi connectivity index (χ1) is 7.98. The molecule has 0 bridgehead atoms. The van der Waals surface area contributed by atoms with E-state index in [0.29, 0.717) is 32.3 Å². The quantitative estimate of drug-likeness (QED) is 0.758. The Balaban J connectivity index is 2.34. The van der Waals surface area contributed by atoms with Gasteiger partial charge in [-0.05, 0) is 46.0 Å². The molecule has 0 radical (unpaired) electrons. The molecule has 2 aliphatic rings. The number of carbonyl (C=O) groups excluding carboxylic acids is 2. The first-order valence-electron chi connectivity index (χ1n) is 6.38. The maximum atomic E-state index is 12.1. The summed E-state index contributed by atoms with van der Waals surface area (Å²) in [4.78, 5) is 23.7. The maximum absolute atomic E-state index is 12.1. The summed E-state index contributed by atoms with van der Waals surface area (Å²) in [6.07, 6.45) is 3.15. The van der Waals surface area contributed by atoms with Gasteiger partial charge < -0.3 is 9.84 Å². The minimum atomic E-state index is -1.16. The third kappa shape index (κ3) is 1.53. The summed E-state index contributed by atoms with van der Waals surface area (Å²) in [5.41, 5.74) is -1.98. The molecule has 0 spiro atoms. The second kappa shape index (κ2) is 4.09. The van der Waals surface area contributed by atoms with Gasteiger partial charge in [0.2, 0.25) is 0 Å². The Kier molecular flexibility index (Phi) is 3.02. The Labute approximate surface area is 101 Å². The van der Waals surface area contributed by atoms with Crippen LogP contribution in [0.15, 0.2) is 0 Å². The molecular weight excluding hydrogens is 220 g/mol. The largest absolute Gasteiger partial charge is 0.465 e. The molecule has 0 heterocycles. The highest BCUT2D eigenvalue weighted by atomic mass is 16.5. The van der Waals surface area contributed by atoms with E-state index >= 15 is 0 Å². The topological polar surface area (TPSA) is 63.6 Å². The molecule has 0 aromatic carbocycles. The van der Waals surface area contributed by atoms with Crippen LogP contribution in [0.4, 0.5) is 0 Å². The minimum absolute atomic E-state index is 0.0134. The van der Waals surface area contributed by atoms with Gasteiger partial charge >= 0.3 is 5.97 Å². The average Bonchev–Trinajstić information content (AvgIpc) is 2.70. The number of Topliss-reactive ketones (excluding diaryl/α,β-unsaturated/α-hetero) is 1. The van der Waals surface area contributed by atoms with E-state index in [0.717, 1.165) is 6.42 Å². The van der Waals surface area contributed by atoms with Crippen LogP contribution < -0.4 is 0 Å². The lowest BCUT2D eigenvalue weighted by atomic mass is 9.73. The number of hydrogen-bond donors (Lipinski definition) is 1. The van der Waals surface area contributed by atoms with Crippen molar-refractivity contribution in [3.8, 4) is 0 Å². The number of ketones is 1. The van der Waals surface area contributed by atoms with Crippen molar-refractivity contribution in [3.63, 3.8) is 0 Å². The van der Waals surface area contributed by atoms with Crippen LogP contribution in [-0.4, -0.2) is 29.1 Å². The first-order valence-corrected chi connectivity index (χ1v) is 6.38. The Hall–Kier alpha value is -0.900. The molecule has 17 heavy (non-hydrogen) atoms. The Bertz CT molecular complexity index is 351. The predicted octanol–water partition coefficient (Wildman–Crippen LogP) is 1.45. The van der Waals surface area contributed by atoms with Crippen LogP contribution in [0.3, 0.4) is 0 Å². The lowest BCUT2D eigenvalue weighted by molar-refractivity contribution is -0.171. The van der Waals surface area contributed by atoms with Gasteiger partial charge in [0.25, 0.3) is 0 Å². The number of carbonyl (C=O) groups is 2. The first kappa shape index (κ1) is 12.6. The van der Waals surface area contributed by atoms with Crippen molar-refractivity contribution in [2.45, 2.75) is 51.6 Å². The van der Waals surface area contributed by atoms with Crippen LogP contribution in [-0.2, 0) is 14.3 Å². The molecule has 0 aromatic rings. The van der Waals surface area contributed by atoms with Crippen molar-refractivity contribution >= 4 is 11.8 Å². The molecule has 1 unspecified atom stereocenters. The van der Waals surface area contributed by atoms with Gasteiger partial charge in [0.15, 0.2) is 0 Å². The molecule has 2 rings (SSSR count). The number of rotatable bonds is 3. The fourth-order valence-corrected chi connectivity index (χ4v) is 3.78. The molecule has 96 valence electrons. The maximum Gasteiger partial charge on any atom is 0.315 e. The summed E-state index contributed by atoms with van der Waals surface area (Å²) in [5, 5.41) is 10.8. The van der Waals surface area contributed by atoms with Gasteiger partial charge in [0, 0.05) is 5.92 Å². The molecule has 4 heteroatoms. The molecule has 2 fully saturated rings. The second-order valence-corrected chi connectivity index (χ2v) is 5.28. The molecule has 3 atom stereocenters. The number of ether oxygens (including phenoxy) is 1. The number of hydrogen-bond acceptors (Lipinski definition) is 4. The zero-order valence-electron chi connectivity index (χ0n) is 10.5. The number of esters is 1. The SMILES string of the molecule is CCOC(=O)[C@@]12CCC[C@]1(O)C(C(C)=O)CC2. The van der Waals surface area contributed by atoms with Crippen molar-refractivity contribution in [2.75, 3.05) is 6.61 Å². The van der Waals surface area contributed by atoms with Crippen molar-refractivity contribution in [1.29, 1.82) is 0 Å².